The molecule has 0 N–H and O–H groups in total. The van der Waals surface area contributed by atoms with Gasteiger partial charge in [-0.05, 0) is 30.0 Å². The van der Waals surface area contributed by atoms with Crippen LogP contribution >= 0.6 is 11.6 Å². The monoisotopic (exact) mass is 212 g/mol. The van der Waals surface area contributed by atoms with Gasteiger partial charge in [0.15, 0.2) is 0 Å². The minimum atomic E-state index is 0.392. The van der Waals surface area contributed by atoms with E-state index < -0.39 is 0 Å². The van der Waals surface area contributed by atoms with Crippen LogP contribution in [0.15, 0.2) is 12.1 Å². The third-order valence-electron chi connectivity index (χ3n) is 2.36. The van der Waals surface area contributed by atoms with E-state index in [1.54, 1.807) is 7.11 Å². The number of hydrogen-bond acceptors (Lipinski definition) is 1. The number of ether oxygens (including phenoxy) is 1. The Balaban J connectivity index is 3.27. The summed E-state index contributed by atoms with van der Waals surface area (Å²) in [4.78, 5) is 0. The molecule has 78 valence electrons. The van der Waals surface area contributed by atoms with Crippen LogP contribution in [0.25, 0.3) is 0 Å². The van der Waals surface area contributed by atoms with E-state index >= 15 is 0 Å². The molecule has 0 saturated carbocycles. The molecule has 2 heteroatoms. The summed E-state index contributed by atoms with van der Waals surface area (Å²) in [6.45, 7) is 6.35. The number of rotatable bonds is 3. The Hall–Kier alpha value is -0.690. The van der Waals surface area contributed by atoms with Gasteiger partial charge in [0, 0.05) is 10.6 Å². The Bertz CT molecular complexity index is 318. The molecule has 0 heterocycles. The van der Waals surface area contributed by atoms with Crippen LogP contribution < -0.4 is 4.74 Å². The molecule has 0 spiro atoms. The Labute approximate surface area is 91.0 Å². The van der Waals surface area contributed by atoms with E-state index in [0.717, 1.165) is 22.8 Å². The zero-order valence-corrected chi connectivity index (χ0v) is 9.98. The Morgan fingerprint density at radius 1 is 1.36 bits per heavy atom. The highest BCUT2D eigenvalue weighted by Gasteiger charge is 2.12. The van der Waals surface area contributed by atoms with Crippen LogP contribution in [0.4, 0.5) is 0 Å². The summed E-state index contributed by atoms with van der Waals surface area (Å²) in [5, 5.41) is 0.816. The maximum absolute atomic E-state index is 6.21. The van der Waals surface area contributed by atoms with E-state index in [1.807, 2.05) is 6.07 Å². The van der Waals surface area contributed by atoms with Crippen molar-refractivity contribution in [3.63, 3.8) is 0 Å². The van der Waals surface area contributed by atoms with Gasteiger partial charge < -0.3 is 4.74 Å². The van der Waals surface area contributed by atoms with Gasteiger partial charge >= 0.3 is 0 Å². The van der Waals surface area contributed by atoms with Gasteiger partial charge in [-0.15, -0.1) is 0 Å². The van der Waals surface area contributed by atoms with Crippen LogP contribution in [0, 0.1) is 0 Å². The third-order valence-corrected chi connectivity index (χ3v) is 2.67. The molecule has 14 heavy (non-hydrogen) atoms. The van der Waals surface area contributed by atoms with Gasteiger partial charge in [-0.25, -0.2) is 0 Å². The molecule has 0 radical (unpaired) electrons. The first kappa shape index (κ1) is 11.4. The number of halogens is 1. The van der Waals surface area contributed by atoms with E-state index in [2.05, 4.69) is 26.8 Å². The van der Waals surface area contributed by atoms with Crippen LogP contribution in [0.1, 0.15) is 37.8 Å². The summed E-state index contributed by atoms with van der Waals surface area (Å²) < 4.78 is 5.35. The van der Waals surface area contributed by atoms with Crippen molar-refractivity contribution in [3.8, 4) is 5.75 Å². The summed E-state index contributed by atoms with van der Waals surface area (Å²) in [5.74, 6) is 1.30. The van der Waals surface area contributed by atoms with Crippen molar-refractivity contribution < 1.29 is 4.74 Å². The smallest absolute Gasteiger partial charge is 0.124 e. The quantitative estimate of drug-likeness (QED) is 0.735. The molecule has 1 aromatic rings. The van der Waals surface area contributed by atoms with Crippen LogP contribution in [-0.2, 0) is 6.42 Å². The summed E-state index contributed by atoms with van der Waals surface area (Å²) in [7, 11) is 1.69. The lowest BCUT2D eigenvalue weighted by atomic mass is 9.99. The molecule has 0 bridgehead atoms. The molecule has 0 aromatic heterocycles. The van der Waals surface area contributed by atoms with Gasteiger partial charge in [0.25, 0.3) is 0 Å². The second-order valence-electron chi connectivity index (χ2n) is 3.70. The molecule has 0 unspecified atom stereocenters. The highest BCUT2D eigenvalue weighted by molar-refractivity contribution is 6.31. The van der Waals surface area contributed by atoms with E-state index in [9.17, 15) is 0 Å². The fourth-order valence-electron chi connectivity index (χ4n) is 1.58. The van der Waals surface area contributed by atoms with E-state index in [1.165, 1.54) is 5.56 Å². The maximum Gasteiger partial charge on any atom is 0.124 e. The zero-order valence-electron chi connectivity index (χ0n) is 9.23. The van der Waals surface area contributed by atoms with Crippen LogP contribution in [0.3, 0.4) is 0 Å². The van der Waals surface area contributed by atoms with Crippen molar-refractivity contribution in [3.05, 3.63) is 28.3 Å². The molecule has 1 nitrogen and oxygen atoms in total. The highest BCUT2D eigenvalue weighted by Crippen LogP contribution is 2.34. The highest BCUT2D eigenvalue weighted by atomic mass is 35.5. The standard InChI is InChI=1S/C12H17ClO/c1-5-9-6-10(13)12(8(2)3)11(7-9)14-4/h6-8H,5H2,1-4H3. The second kappa shape index (κ2) is 4.70. The van der Waals surface area contributed by atoms with Crippen LogP contribution in [0.5, 0.6) is 5.75 Å². The largest absolute Gasteiger partial charge is 0.496 e. The first-order valence-corrected chi connectivity index (χ1v) is 5.34. The average molecular weight is 213 g/mol. The van der Waals surface area contributed by atoms with Crippen molar-refractivity contribution in [1.29, 1.82) is 0 Å². The molecular weight excluding hydrogens is 196 g/mol. The van der Waals surface area contributed by atoms with Crippen LogP contribution in [0.2, 0.25) is 5.02 Å². The van der Waals surface area contributed by atoms with Crippen molar-refractivity contribution in [2.24, 2.45) is 0 Å². The van der Waals surface area contributed by atoms with Gasteiger partial charge in [0.05, 0.1) is 7.11 Å². The molecule has 0 aliphatic rings. The SMILES string of the molecule is CCc1cc(Cl)c(C(C)C)c(OC)c1. The summed E-state index contributed by atoms with van der Waals surface area (Å²) in [5.41, 5.74) is 2.32. The van der Waals surface area contributed by atoms with Gasteiger partial charge in [-0.3, -0.25) is 0 Å². The van der Waals surface area contributed by atoms with E-state index in [0.29, 0.717) is 5.92 Å². The second-order valence-corrected chi connectivity index (χ2v) is 4.11. The third kappa shape index (κ3) is 2.21. The number of methoxy groups -OCH3 is 1. The van der Waals surface area contributed by atoms with Crippen molar-refractivity contribution in [1.82, 2.24) is 0 Å². The van der Waals surface area contributed by atoms with Crippen molar-refractivity contribution in [2.45, 2.75) is 33.1 Å². The van der Waals surface area contributed by atoms with Gasteiger partial charge in [0.2, 0.25) is 0 Å². The van der Waals surface area contributed by atoms with E-state index in [-0.39, 0.29) is 0 Å². The molecule has 0 aliphatic carbocycles. The molecule has 1 aromatic carbocycles. The van der Waals surface area contributed by atoms with Crippen molar-refractivity contribution >= 4 is 11.6 Å². The Morgan fingerprint density at radius 2 is 2.00 bits per heavy atom. The first-order valence-electron chi connectivity index (χ1n) is 4.96. The lowest BCUT2D eigenvalue weighted by Gasteiger charge is -2.15. The molecular formula is C12H17ClO. The number of hydrogen-bond donors (Lipinski definition) is 0. The maximum atomic E-state index is 6.21. The summed E-state index contributed by atoms with van der Waals surface area (Å²) in [6.07, 6.45) is 0.981. The fourth-order valence-corrected chi connectivity index (χ4v) is 2.03. The molecule has 0 amide bonds. The minimum absolute atomic E-state index is 0.392. The lowest BCUT2D eigenvalue weighted by Crippen LogP contribution is -1.97. The van der Waals surface area contributed by atoms with E-state index in [4.69, 9.17) is 16.3 Å². The van der Waals surface area contributed by atoms with Crippen molar-refractivity contribution in [2.75, 3.05) is 7.11 Å². The molecule has 1 rings (SSSR count). The Kier molecular flexibility index (Phi) is 3.82. The van der Waals surface area contributed by atoms with Gasteiger partial charge in [-0.2, -0.15) is 0 Å². The minimum Gasteiger partial charge on any atom is -0.496 e. The summed E-state index contributed by atoms with van der Waals surface area (Å²) in [6, 6.07) is 4.10. The lowest BCUT2D eigenvalue weighted by molar-refractivity contribution is 0.407. The summed E-state index contributed by atoms with van der Waals surface area (Å²) >= 11 is 6.21. The molecule has 0 atom stereocenters. The number of aryl methyl sites for hydroxylation is 1. The first-order chi connectivity index (χ1) is 6.60. The topological polar surface area (TPSA) is 9.23 Å². The normalized spacial score (nSPS) is 10.7. The average Bonchev–Trinajstić information content (AvgIpc) is 2.15. The van der Waals surface area contributed by atoms with Crippen LogP contribution in [-0.4, -0.2) is 7.11 Å². The predicted molar refractivity (Wildman–Crippen MR) is 61.5 cm³/mol. The number of benzene rings is 1. The molecule has 0 fully saturated rings. The fraction of sp³-hybridized carbons (Fsp3) is 0.500. The molecule has 0 saturated heterocycles. The predicted octanol–water partition coefficient (Wildman–Crippen LogP) is 4.03. The molecule has 0 aliphatic heterocycles. The Morgan fingerprint density at radius 3 is 2.43 bits per heavy atom. The van der Waals surface area contributed by atoms with Gasteiger partial charge in [-0.1, -0.05) is 32.4 Å². The van der Waals surface area contributed by atoms with Gasteiger partial charge in [0.1, 0.15) is 5.75 Å². The zero-order chi connectivity index (χ0) is 10.7.